The molecular formula is C18H14N6O3S. The van der Waals surface area contributed by atoms with Gasteiger partial charge in [0.15, 0.2) is 10.9 Å². The number of nitrogens with zero attached hydrogens (tertiary/aromatic N) is 3. The Bertz CT molecular complexity index is 1110. The number of fused-ring (bicyclic) bond motifs is 1. The minimum Gasteiger partial charge on any atom is -0.451 e. The van der Waals surface area contributed by atoms with Gasteiger partial charge in [-0.15, -0.1) is 0 Å². The Morgan fingerprint density at radius 2 is 1.86 bits per heavy atom. The lowest BCUT2D eigenvalue weighted by molar-refractivity contribution is 0.0829. The Kier molecular flexibility index (Phi) is 5.02. The summed E-state index contributed by atoms with van der Waals surface area (Å²) in [6, 6.07) is 12.3. The van der Waals surface area contributed by atoms with E-state index in [4.69, 9.17) is 4.42 Å². The summed E-state index contributed by atoms with van der Waals surface area (Å²) >= 11 is 1.39. The third-order valence-electron chi connectivity index (χ3n) is 3.84. The van der Waals surface area contributed by atoms with E-state index in [1.165, 1.54) is 24.3 Å². The summed E-state index contributed by atoms with van der Waals surface area (Å²) in [7, 11) is 0. The number of thioether (sulfide) groups is 1. The van der Waals surface area contributed by atoms with Crippen LogP contribution in [0.5, 0.6) is 0 Å². The molecule has 0 fully saturated rings. The molecule has 140 valence electrons. The molecule has 0 saturated carbocycles. The summed E-state index contributed by atoms with van der Waals surface area (Å²) < 4.78 is 5.73. The van der Waals surface area contributed by atoms with Gasteiger partial charge in [-0.05, 0) is 18.2 Å². The fourth-order valence-electron chi connectivity index (χ4n) is 2.56. The van der Waals surface area contributed by atoms with Gasteiger partial charge in [0.05, 0.1) is 0 Å². The Hall–Kier alpha value is -3.66. The second-order valence-corrected chi connectivity index (χ2v) is 6.57. The van der Waals surface area contributed by atoms with Crippen LogP contribution in [0.2, 0.25) is 0 Å². The standard InChI is InChI=1S/C18H14N6O3S/c25-16(13-6-3-4-8-19-13)22-23-17(26)15-12(9-28-18-20-10-21-24-18)11-5-1-2-7-14(11)27-15/h1-8,10H,9H2,(H,22,25)(H,23,26)(H,20,21,24). The molecule has 0 aliphatic rings. The number of amides is 2. The molecule has 2 amide bonds. The molecule has 0 bridgehead atoms. The zero-order valence-electron chi connectivity index (χ0n) is 14.4. The van der Waals surface area contributed by atoms with Crippen LogP contribution in [-0.4, -0.2) is 32.0 Å². The highest BCUT2D eigenvalue weighted by Gasteiger charge is 2.21. The lowest BCUT2D eigenvalue weighted by Gasteiger charge is -2.06. The predicted molar refractivity (Wildman–Crippen MR) is 101 cm³/mol. The van der Waals surface area contributed by atoms with E-state index in [1.807, 2.05) is 18.2 Å². The number of para-hydroxylation sites is 1. The predicted octanol–water partition coefficient (Wildman–Crippen LogP) is 2.31. The number of H-pyrrole nitrogens is 1. The van der Waals surface area contributed by atoms with Gasteiger partial charge in [-0.25, -0.2) is 4.98 Å². The zero-order chi connectivity index (χ0) is 19.3. The second kappa shape index (κ2) is 7.92. The quantitative estimate of drug-likeness (QED) is 0.350. The SMILES string of the molecule is O=C(NNC(=O)c1oc2ccccc2c1CSc1ncn[nH]1)c1ccccn1. The van der Waals surface area contributed by atoms with Crippen molar-refractivity contribution in [1.82, 2.24) is 31.0 Å². The van der Waals surface area contributed by atoms with Crippen molar-refractivity contribution >= 4 is 34.5 Å². The van der Waals surface area contributed by atoms with Gasteiger partial charge < -0.3 is 4.42 Å². The van der Waals surface area contributed by atoms with Crippen LogP contribution in [0.1, 0.15) is 26.6 Å². The lowest BCUT2D eigenvalue weighted by Crippen LogP contribution is -2.42. The molecule has 0 radical (unpaired) electrons. The number of benzene rings is 1. The number of nitrogens with one attached hydrogen (secondary N) is 3. The van der Waals surface area contributed by atoms with E-state index in [0.717, 1.165) is 5.39 Å². The first-order valence-electron chi connectivity index (χ1n) is 8.22. The van der Waals surface area contributed by atoms with Crippen molar-refractivity contribution in [2.45, 2.75) is 10.9 Å². The minimum atomic E-state index is -0.561. The molecule has 3 N–H and O–H groups in total. The largest absolute Gasteiger partial charge is 0.451 e. The number of rotatable bonds is 5. The normalized spacial score (nSPS) is 10.7. The summed E-state index contributed by atoms with van der Waals surface area (Å²) in [6.07, 6.45) is 2.91. The van der Waals surface area contributed by atoms with Gasteiger partial charge in [-0.3, -0.25) is 30.5 Å². The number of aromatic nitrogens is 4. The van der Waals surface area contributed by atoms with Crippen molar-refractivity contribution in [2.75, 3.05) is 0 Å². The fourth-order valence-corrected chi connectivity index (χ4v) is 3.37. The Morgan fingerprint density at radius 3 is 2.64 bits per heavy atom. The maximum Gasteiger partial charge on any atom is 0.305 e. The number of hydrogen-bond acceptors (Lipinski definition) is 7. The number of pyridine rings is 1. The molecule has 0 aliphatic heterocycles. The molecule has 9 nitrogen and oxygen atoms in total. The van der Waals surface area contributed by atoms with Crippen molar-refractivity contribution in [3.63, 3.8) is 0 Å². The van der Waals surface area contributed by atoms with Crippen molar-refractivity contribution in [3.8, 4) is 0 Å². The molecule has 1 aromatic carbocycles. The van der Waals surface area contributed by atoms with E-state index >= 15 is 0 Å². The highest BCUT2D eigenvalue weighted by molar-refractivity contribution is 7.98. The molecule has 4 rings (SSSR count). The molecule has 3 heterocycles. The van der Waals surface area contributed by atoms with E-state index in [9.17, 15) is 9.59 Å². The highest BCUT2D eigenvalue weighted by Crippen LogP contribution is 2.30. The summed E-state index contributed by atoms with van der Waals surface area (Å²) in [5, 5.41) is 8.01. The van der Waals surface area contributed by atoms with E-state index in [0.29, 0.717) is 22.1 Å². The molecule has 28 heavy (non-hydrogen) atoms. The van der Waals surface area contributed by atoms with Gasteiger partial charge in [0.1, 0.15) is 17.6 Å². The number of carbonyl (C=O) groups excluding carboxylic acids is 2. The Morgan fingerprint density at radius 1 is 1.04 bits per heavy atom. The van der Waals surface area contributed by atoms with Gasteiger partial charge in [0, 0.05) is 22.9 Å². The van der Waals surface area contributed by atoms with Crippen LogP contribution in [0.4, 0.5) is 0 Å². The van der Waals surface area contributed by atoms with Crippen molar-refractivity contribution < 1.29 is 14.0 Å². The van der Waals surface area contributed by atoms with Crippen molar-refractivity contribution in [1.29, 1.82) is 0 Å². The average molecular weight is 394 g/mol. The number of aromatic amines is 1. The lowest BCUT2D eigenvalue weighted by atomic mass is 10.1. The average Bonchev–Trinajstić information content (AvgIpc) is 3.38. The molecule has 0 aliphatic carbocycles. The molecule has 0 unspecified atom stereocenters. The topological polar surface area (TPSA) is 126 Å². The van der Waals surface area contributed by atoms with Crippen LogP contribution in [0, 0.1) is 0 Å². The number of furan rings is 1. The van der Waals surface area contributed by atoms with E-state index in [2.05, 4.69) is 31.0 Å². The molecule has 0 saturated heterocycles. The van der Waals surface area contributed by atoms with Gasteiger partial charge in [0.2, 0.25) is 0 Å². The van der Waals surface area contributed by atoms with Crippen LogP contribution in [-0.2, 0) is 5.75 Å². The van der Waals surface area contributed by atoms with Crippen LogP contribution >= 0.6 is 11.8 Å². The number of hydrogen-bond donors (Lipinski definition) is 3. The smallest absolute Gasteiger partial charge is 0.305 e. The molecule has 4 aromatic rings. The van der Waals surface area contributed by atoms with Gasteiger partial charge in [0.25, 0.3) is 5.91 Å². The van der Waals surface area contributed by atoms with Crippen LogP contribution < -0.4 is 10.9 Å². The molecule has 3 aromatic heterocycles. The summed E-state index contributed by atoms with van der Waals surface area (Å²) in [5.41, 5.74) is 6.18. The fraction of sp³-hybridized carbons (Fsp3) is 0.0556. The first-order chi connectivity index (χ1) is 13.7. The summed E-state index contributed by atoms with van der Waals surface area (Å²) in [4.78, 5) is 32.7. The monoisotopic (exact) mass is 394 g/mol. The number of carbonyl (C=O) groups is 2. The van der Waals surface area contributed by atoms with Gasteiger partial charge >= 0.3 is 5.91 Å². The first-order valence-corrected chi connectivity index (χ1v) is 9.21. The highest BCUT2D eigenvalue weighted by atomic mass is 32.2. The van der Waals surface area contributed by atoms with E-state index in [1.54, 1.807) is 24.3 Å². The summed E-state index contributed by atoms with van der Waals surface area (Å²) in [6.45, 7) is 0. The maximum absolute atomic E-state index is 12.6. The molecule has 0 spiro atoms. The van der Waals surface area contributed by atoms with Gasteiger partial charge in [-0.1, -0.05) is 36.0 Å². The minimum absolute atomic E-state index is 0.120. The molecule has 0 atom stereocenters. The zero-order valence-corrected chi connectivity index (χ0v) is 15.2. The maximum atomic E-state index is 12.6. The second-order valence-electron chi connectivity index (χ2n) is 5.61. The van der Waals surface area contributed by atoms with E-state index in [-0.39, 0.29) is 11.5 Å². The van der Waals surface area contributed by atoms with Crippen molar-refractivity contribution in [3.05, 3.63) is 72.0 Å². The third kappa shape index (κ3) is 3.71. The van der Waals surface area contributed by atoms with E-state index < -0.39 is 11.8 Å². The Labute approximate surface area is 162 Å². The molecular weight excluding hydrogens is 380 g/mol. The van der Waals surface area contributed by atoms with Crippen LogP contribution in [0.15, 0.2) is 64.6 Å². The Balaban J connectivity index is 1.54. The first kappa shape index (κ1) is 17.7. The third-order valence-corrected chi connectivity index (χ3v) is 4.74. The summed E-state index contributed by atoms with van der Waals surface area (Å²) in [5.74, 6) is -0.533. The van der Waals surface area contributed by atoms with Crippen LogP contribution in [0.25, 0.3) is 11.0 Å². The molecule has 10 heteroatoms. The van der Waals surface area contributed by atoms with Crippen molar-refractivity contribution in [2.24, 2.45) is 0 Å². The van der Waals surface area contributed by atoms with Crippen LogP contribution in [0.3, 0.4) is 0 Å². The number of hydrazine groups is 1. The van der Waals surface area contributed by atoms with Gasteiger partial charge in [-0.2, -0.15) is 5.10 Å².